The fourth-order valence-electron chi connectivity index (χ4n) is 4.37. The molecule has 2 saturated carbocycles. The van der Waals surface area contributed by atoms with Crippen molar-refractivity contribution >= 4 is 34.8 Å². The first-order valence-corrected chi connectivity index (χ1v) is 9.54. The Balaban J connectivity index is 1.73. The summed E-state index contributed by atoms with van der Waals surface area (Å²) in [4.78, 5) is 0. The molecule has 0 bridgehead atoms. The van der Waals surface area contributed by atoms with E-state index in [-0.39, 0.29) is 37.7 Å². The Morgan fingerprint density at radius 1 is 1.16 bits per heavy atom. The summed E-state index contributed by atoms with van der Waals surface area (Å²) < 4.78 is 31.4. The normalized spacial score (nSPS) is 34.7. The molecular formula is C18H21Cl3F2O2. The van der Waals surface area contributed by atoms with E-state index in [1.165, 1.54) is 0 Å². The summed E-state index contributed by atoms with van der Waals surface area (Å²) in [6.07, 6.45) is -0.0988. The molecule has 0 aliphatic heterocycles. The van der Waals surface area contributed by atoms with Crippen LogP contribution in [0.3, 0.4) is 0 Å². The monoisotopic (exact) mass is 412 g/mol. The Kier molecular flexibility index (Phi) is 5.59. The van der Waals surface area contributed by atoms with Gasteiger partial charge in [0.15, 0.2) is 0 Å². The highest BCUT2D eigenvalue weighted by Gasteiger charge is 2.64. The number of hydrogen-bond donors (Lipinski definition) is 1. The van der Waals surface area contributed by atoms with Gasteiger partial charge in [-0.2, -0.15) is 0 Å². The highest BCUT2D eigenvalue weighted by Crippen LogP contribution is 2.60. The molecule has 3 rings (SSSR count). The largest absolute Gasteiger partial charge is 0.385 e. The molecule has 4 unspecified atom stereocenters. The van der Waals surface area contributed by atoms with Crippen LogP contribution in [0.4, 0.5) is 8.78 Å². The molecule has 1 aromatic carbocycles. The topological polar surface area (TPSA) is 29.5 Å². The van der Waals surface area contributed by atoms with E-state index in [9.17, 15) is 13.9 Å². The second-order valence-corrected chi connectivity index (χ2v) is 9.54. The third-order valence-corrected chi connectivity index (χ3v) is 6.59. The van der Waals surface area contributed by atoms with Gasteiger partial charge in [0.2, 0.25) is 9.72 Å². The average molecular weight is 414 g/mol. The first-order valence-electron chi connectivity index (χ1n) is 8.41. The van der Waals surface area contributed by atoms with Crippen molar-refractivity contribution < 1.29 is 18.6 Å². The predicted molar refractivity (Wildman–Crippen MR) is 95.2 cm³/mol. The first kappa shape index (κ1) is 19.6. The van der Waals surface area contributed by atoms with Crippen LogP contribution in [-0.2, 0) is 11.3 Å². The second kappa shape index (κ2) is 7.12. The molecule has 4 atom stereocenters. The number of aliphatic hydroxyl groups is 1. The molecule has 0 spiro atoms. The molecule has 2 aliphatic carbocycles. The SMILES string of the molecule is OC1(C(Cl)(Cl)Cl)CC2CC(F)(F)CCC2C1COCc1ccccc1. The number of rotatable bonds is 4. The van der Waals surface area contributed by atoms with E-state index in [1.54, 1.807) is 0 Å². The number of halogens is 5. The van der Waals surface area contributed by atoms with Gasteiger partial charge in [-0.05, 0) is 30.2 Å². The van der Waals surface area contributed by atoms with Gasteiger partial charge in [0.05, 0.1) is 13.2 Å². The van der Waals surface area contributed by atoms with Gasteiger partial charge in [-0.15, -0.1) is 0 Å². The maximum Gasteiger partial charge on any atom is 0.248 e. The Labute approximate surface area is 161 Å². The number of hydrogen-bond acceptors (Lipinski definition) is 2. The van der Waals surface area contributed by atoms with Crippen LogP contribution in [0.2, 0.25) is 0 Å². The minimum atomic E-state index is -2.71. The second-order valence-electron chi connectivity index (χ2n) is 7.26. The zero-order valence-electron chi connectivity index (χ0n) is 13.6. The number of alkyl halides is 5. The molecule has 1 N–H and O–H groups in total. The lowest BCUT2D eigenvalue weighted by Gasteiger charge is -2.38. The zero-order chi connectivity index (χ0) is 18.3. The Morgan fingerprint density at radius 3 is 2.48 bits per heavy atom. The molecule has 2 nitrogen and oxygen atoms in total. The van der Waals surface area contributed by atoms with Crippen molar-refractivity contribution in [1.29, 1.82) is 0 Å². The van der Waals surface area contributed by atoms with E-state index in [4.69, 9.17) is 39.5 Å². The smallest absolute Gasteiger partial charge is 0.248 e. The third-order valence-electron chi connectivity index (χ3n) is 5.61. The fraction of sp³-hybridized carbons (Fsp3) is 0.667. The van der Waals surface area contributed by atoms with Crippen LogP contribution in [0.5, 0.6) is 0 Å². The van der Waals surface area contributed by atoms with Gasteiger partial charge < -0.3 is 9.84 Å². The minimum Gasteiger partial charge on any atom is -0.385 e. The van der Waals surface area contributed by atoms with Crippen LogP contribution in [0.25, 0.3) is 0 Å². The van der Waals surface area contributed by atoms with Crippen LogP contribution in [-0.4, -0.2) is 27.0 Å². The van der Waals surface area contributed by atoms with Crippen LogP contribution < -0.4 is 0 Å². The Bertz CT molecular complexity index is 594. The van der Waals surface area contributed by atoms with Crippen molar-refractivity contribution in [3.8, 4) is 0 Å². The maximum absolute atomic E-state index is 13.8. The van der Waals surface area contributed by atoms with Crippen LogP contribution in [0.1, 0.15) is 31.2 Å². The van der Waals surface area contributed by atoms with E-state index >= 15 is 0 Å². The summed E-state index contributed by atoms with van der Waals surface area (Å²) in [7, 11) is 0. The van der Waals surface area contributed by atoms with E-state index < -0.39 is 21.2 Å². The van der Waals surface area contributed by atoms with E-state index in [0.717, 1.165) is 5.56 Å². The molecule has 25 heavy (non-hydrogen) atoms. The lowest BCUT2D eigenvalue weighted by Crippen LogP contribution is -2.49. The van der Waals surface area contributed by atoms with Gasteiger partial charge in [-0.3, -0.25) is 0 Å². The van der Waals surface area contributed by atoms with Crippen molar-refractivity contribution in [3.63, 3.8) is 0 Å². The lowest BCUT2D eigenvalue weighted by molar-refractivity contribution is -0.0773. The molecule has 2 fully saturated rings. The van der Waals surface area contributed by atoms with Crippen molar-refractivity contribution in [2.45, 2.75) is 47.6 Å². The van der Waals surface area contributed by atoms with E-state index in [2.05, 4.69) is 0 Å². The van der Waals surface area contributed by atoms with Gasteiger partial charge >= 0.3 is 0 Å². The lowest BCUT2D eigenvalue weighted by atomic mass is 9.76. The quantitative estimate of drug-likeness (QED) is 0.672. The molecule has 0 aromatic heterocycles. The van der Waals surface area contributed by atoms with Crippen LogP contribution in [0, 0.1) is 17.8 Å². The van der Waals surface area contributed by atoms with Crippen LogP contribution >= 0.6 is 34.8 Å². The van der Waals surface area contributed by atoms with Crippen molar-refractivity contribution in [1.82, 2.24) is 0 Å². The molecule has 2 aliphatic rings. The average Bonchev–Trinajstić information content (AvgIpc) is 2.79. The summed E-state index contributed by atoms with van der Waals surface area (Å²) in [5, 5.41) is 11.1. The van der Waals surface area contributed by atoms with E-state index in [1.807, 2.05) is 30.3 Å². The highest BCUT2D eigenvalue weighted by atomic mass is 35.6. The highest BCUT2D eigenvalue weighted by molar-refractivity contribution is 6.68. The summed E-state index contributed by atoms with van der Waals surface area (Å²) >= 11 is 18.1. The van der Waals surface area contributed by atoms with Crippen LogP contribution in [0.15, 0.2) is 30.3 Å². The Hall–Kier alpha value is -0.130. The summed E-state index contributed by atoms with van der Waals surface area (Å²) in [6, 6.07) is 9.59. The molecule has 0 radical (unpaired) electrons. The molecule has 7 heteroatoms. The molecule has 0 heterocycles. The van der Waals surface area contributed by atoms with Gasteiger partial charge in [0.25, 0.3) is 0 Å². The fourth-order valence-corrected chi connectivity index (χ4v) is 5.03. The Morgan fingerprint density at radius 2 is 1.84 bits per heavy atom. The van der Waals surface area contributed by atoms with Crippen molar-refractivity contribution in [2.24, 2.45) is 17.8 Å². The van der Waals surface area contributed by atoms with Gasteiger partial charge in [-0.1, -0.05) is 65.1 Å². The number of benzene rings is 1. The van der Waals surface area contributed by atoms with Gasteiger partial charge in [-0.25, -0.2) is 8.78 Å². The van der Waals surface area contributed by atoms with Gasteiger partial charge in [0.1, 0.15) is 5.60 Å². The minimum absolute atomic E-state index is 0.0587. The summed E-state index contributed by atoms with van der Waals surface area (Å²) in [5.74, 6) is -3.69. The predicted octanol–water partition coefficient (Wildman–Crippen LogP) is 5.38. The maximum atomic E-state index is 13.8. The molecular weight excluding hydrogens is 393 g/mol. The van der Waals surface area contributed by atoms with Crippen molar-refractivity contribution in [3.05, 3.63) is 35.9 Å². The molecule has 140 valence electrons. The number of fused-ring (bicyclic) bond motifs is 1. The molecule has 0 saturated heterocycles. The number of ether oxygens (including phenoxy) is 1. The van der Waals surface area contributed by atoms with Gasteiger partial charge in [0, 0.05) is 18.8 Å². The zero-order valence-corrected chi connectivity index (χ0v) is 15.9. The molecule has 1 aromatic rings. The standard InChI is InChI=1S/C18H21Cl3F2O2/c19-18(20,21)17(24)9-13-8-16(22,23)7-6-14(13)15(17)11-25-10-12-4-2-1-3-5-12/h1-5,13-15,24H,6-11H2. The van der Waals surface area contributed by atoms with E-state index in [0.29, 0.717) is 13.0 Å². The summed E-state index contributed by atoms with van der Waals surface area (Å²) in [5.41, 5.74) is -0.672. The van der Waals surface area contributed by atoms with Crippen molar-refractivity contribution in [2.75, 3.05) is 6.61 Å². The first-order chi connectivity index (χ1) is 11.6. The molecule has 0 amide bonds. The third kappa shape index (κ3) is 4.08. The summed E-state index contributed by atoms with van der Waals surface area (Å²) in [6.45, 7) is 0.535.